The van der Waals surface area contributed by atoms with Gasteiger partial charge >= 0.3 is 0 Å². The van der Waals surface area contributed by atoms with E-state index in [1.165, 1.54) is 10.2 Å². The predicted molar refractivity (Wildman–Crippen MR) is 106 cm³/mol. The molecule has 1 aromatic carbocycles. The van der Waals surface area contributed by atoms with Crippen molar-refractivity contribution in [1.82, 2.24) is 19.5 Å². The number of rotatable bonds is 6. The molecule has 1 N–H and O–H groups in total. The number of benzene rings is 1. The molecular weight excluding hydrogens is 356 g/mol. The number of aryl methyl sites for hydroxylation is 3. The van der Waals surface area contributed by atoms with Gasteiger partial charge in [-0.2, -0.15) is 5.10 Å². The van der Waals surface area contributed by atoms with Gasteiger partial charge in [0.25, 0.3) is 5.56 Å². The molecule has 144 valence electrons. The maximum atomic E-state index is 12.7. The van der Waals surface area contributed by atoms with E-state index < -0.39 is 0 Å². The molecule has 0 saturated carbocycles. The standard InChI is InChI=1S/C21H22N4O3/c1-14-11-17-19(28-14)12-18-21(27)24(23-15(2)25(17)18)13-20(26)22-10-6-9-16-7-4-3-5-8-16/h3-5,7-8,11-12H,6,9-10,13H2,1-2H3,(H,22,26). The summed E-state index contributed by atoms with van der Waals surface area (Å²) in [5, 5.41) is 7.17. The van der Waals surface area contributed by atoms with Crippen molar-refractivity contribution in [2.75, 3.05) is 6.54 Å². The molecule has 1 amide bonds. The Morgan fingerprint density at radius 3 is 2.71 bits per heavy atom. The monoisotopic (exact) mass is 378 g/mol. The van der Waals surface area contributed by atoms with Crippen molar-refractivity contribution in [3.63, 3.8) is 0 Å². The SMILES string of the molecule is Cc1cc2c(cc3c(=O)n(CC(=O)NCCCc4ccccc4)nc(C)n32)o1. The van der Waals surface area contributed by atoms with Crippen LogP contribution in [0.3, 0.4) is 0 Å². The minimum atomic E-state index is -0.311. The highest BCUT2D eigenvalue weighted by atomic mass is 16.3. The second-order valence-electron chi connectivity index (χ2n) is 6.92. The van der Waals surface area contributed by atoms with Crippen molar-refractivity contribution in [3.8, 4) is 0 Å². The van der Waals surface area contributed by atoms with Crippen molar-refractivity contribution in [2.45, 2.75) is 33.2 Å². The van der Waals surface area contributed by atoms with E-state index in [1.807, 2.05) is 38.1 Å². The van der Waals surface area contributed by atoms with Gasteiger partial charge in [0.15, 0.2) is 5.58 Å². The highest BCUT2D eigenvalue weighted by Gasteiger charge is 2.16. The number of nitrogens with one attached hydrogen (secondary N) is 1. The van der Waals surface area contributed by atoms with Crippen LogP contribution in [0, 0.1) is 13.8 Å². The van der Waals surface area contributed by atoms with Gasteiger partial charge in [-0.15, -0.1) is 0 Å². The summed E-state index contributed by atoms with van der Waals surface area (Å²) in [4.78, 5) is 25.0. The van der Waals surface area contributed by atoms with Crippen molar-refractivity contribution >= 4 is 22.5 Å². The molecule has 0 bridgehead atoms. The molecule has 7 nitrogen and oxygen atoms in total. The number of carbonyl (C=O) groups excluding carboxylic acids is 1. The van der Waals surface area contributed by atoms with E-state index in [4.69, 9.17) is 4.42 Å². The van der Waals surface area contributed by atoms with Gasteiger partial charge in [-0.1, -0.05) is 30.3 Å². The van der Waals surface area contributed by atoms with Gasteiger partial charge in [0, 0.05) is 18.7 Å². The van der Waals surface area contributed by atoms with Crippen LogP contribution >= 0.6 is 0 Å². The quantitative estimate of drug-likeness (QED) is 0.523. The smallest absolute Gasteiger partial charge is 0.291 e. The van der Waals surface area contributed by atoms with Gasteiger partial charge in [0.05, 0.1) is 5.52 Å². The summed E-state index contributed by atoms with van der Waals surface area (Å²) < 4.78 is 8.59. The Morgan fingerprint density at radius 2 is 1.93 bits per heavy atom. The molecule has 0 aliphatic rings. The molecule has 0 spiro atoms. The van der Waals surface area contributed by atoms with Gasteiger partial charge in [-0.3, -0.25) is 14.0 Å². The number of carbonyl (C=O) groups is 1. The zero-order valence-electron chi connectivity index (χ0n) is 15.9. The van der Waals surface area contributed by atoms with Crippen LogP contribution in [0.1, 0.15) is 23.6 Å². The third-order valence-electron chi connectivity index (χ3n) is 4.76. The first-order valence-electron chi connectivity index (χ1n) is 9.33. The molecule has 28 heavy (non-hydrogen) atoms. The summed E-state index contributed by atoms with van der Waals surface area (Å²) in [7, 11) is 0. The fraction of sp³-hybridized carbons (Fsp3) is 0.286. The largest absolute Gasteiger partial charge is 0.460 e. The van der Waals surface area contributed by atoms with Crippen LogP contribution in [0.15, 0.2) is 51.7 Å². The molecule has 0 fully saturated rings. The lowest BCUT2D eigenvalue weighted by atomic mass is 10.1. The number of aromatic nitrogens is 3. The average Bonchev–Trinajstić information content (AvgIpc) is 3.20. The van der Waals surface area contributed by atoms with Crippen molar-refractivity contribution in [2.24, 2.45) is 0 Å². The molecule has 0 saturated heterocycles. The Morgan fingerprint density at radius 1 is 1.14 bits per heavy atom. The highest BCUT2D eigenvalue weighted by Crippen LogP contribution is 2.22. The zero-order chi connectivity index (χ0) is 19.7. The minimum Gasteiger partial charge on any atom is -0.460 e. The van der Waals surface area contributed by atoms with Crippen LogP contribution in [0.2, 0.25) is 0 Å². The molecule has 0 radical (unpaired) electrons. The fourth-order valence-electron chi connectivity index (χ4n) is 3.48. The summed E-state index contributed by atoms with van der Waals surface area (Å²) in [5.74, 6) is 1.18. The molecule has 3 heterocycles. The van der Waals surface area contributed by atoms with Gasteiger partial charge in [0.2, 0.25) is 5.91 Å². The Labute approximate surface area is 161 Å². The summed E-state index contributed by atoms with van der Waals surface area (Å²) in [5.41, 5.74) is 2.84. The summed E-state index contributed by atoms with van der Waals surface area (Å²) in [6.45, 7) is 4.12. The maximum absolute atomic E-state index is 12.7. The number of amides is 1. The Kier molecular flexibility index (Phi) is 4.73. The molecule has 0 atom stereocenters. The van der Waals surface area contributed by atoms with E-state index in [1.54, 1.807) is 10.5 Å². The summed E-state index contributed by atoms with van der Waals surface area (Å²) >= 11 is 0. The number of hydrogen-bond acceptors (Lipinski definition) is 4. The Balaban J connectivity index is 1.44. The average molecular weight is 378 g/mol. The Bertz CT molecular complexity index is 1200. The van der Waals surface area contributed by atoms with E-state index in [-0.39, 0.29) is 18.0 Å². The minimum absolute atomic E-state index is 0.104. The molecular formula is C21H22N4O3. The second-order valence-corrected chi connectivity index (χ2v) is 6.92. The van der Waals surface area contributed by atoms with Crippen LogP contribution in [0.25, 0.3) is 16.6 Å². The lowest BCUT2D eigenvalue weighted by Crippen LogP contribution is -2.35. The normalized spacial score (nSPS) is 11.4. The number of nitrogens with zero attached hydrogens (tertiary/aromatic N) is 3. The third kappa shape index (κ3) is 3.43. The van der Waals surface area contributed by atoms with E-state index in [2.05, 4.69) is 22.5 Å². The van der Waals surface area contributed by atoms with Crippen LogP contribution in [-0.2, 0) is 17.8 Å². The number of furan rings is 1. The molecule has 0 aliphatic carbocycles. The Hall–Kier alpha value is -3.35. The third-order valence-corrected chi connectivity index (χ3v) is 4.76. The highest BCUT2D eigenvalue weighted by molar-refractivity contribution is 5.83. The van der Waals surface area contributed by atoms with E-state index in [0.717, 1.165) is 24.1 Å². The molecule has 4 aromatic rings. The van der Waals surface area contributed by atoms with Crippen LogP contribution < -0.4 is 10.9 Å². The van der Waals surface area contributed by atoms with Gasteiger partial charge in [-0.05, 0) is 32.3 Å². The first-order valence-corrected chi connectivity index (χ1v) is 9.33. The second kappa shape index (κ2) is 7.34. The van der Waals surface area contributed by atoms with Gasteiger partial charge in [0.1, 0.15) is 23.6 Å². The summed E-state index contributed by atoms with van der Waals surface area (Å²) in [6.07, 6.45) is 1.73. The van der Waals surface area contributed by atoms with Gasteiger partial charge in [-0.25, -0.2) is 4.68 Å². The van der Waals surface area contributed by atoms with Crippen molar-refractivity contribution < 1.29 is 9.21 Å². The molecule has 4 rings (SSSR count). The van der Waals surface area contributed by atoms with Crippen LogP contribution in [0.4, 0.5) is 0 Å². The maximum Gasteiger partial charge on any atom is 0.291 e. The molecule has 0 unspecified atom stereocenters. The first-order chi connectivity index (χ1) is 13.5. The number of hydrogen-bond donors (Lipinski definition) is 1. The molecule has 0 aliphatic heterocycles. The van der Waals surface area contributed by atoms with E-state index >= 15 is 0 Å². The topological polar surface area (TPSA) is 81.5 Å². The zero-order valence-corrected chi connectivity index (χ0v) is 15.9. The summed E-state index contributed by atoms with van der Waals surface area (Å²) in [6, 6.07) is 13.7. The molecule has 3 aromatic heterocycles. The van der Waals surface area contributed by atoms with E-state index in [0.29, 0.717) is 23.5 Å². The van der Waals surface area contributed by atoms with Gasteiger partial charge < -0.3 is 9.73 Å². The van der Waals surface area contributed by atoms with E-state index in [9.17, 15) is 9.59 Å². The predicted octanol–water partition coefficient (Wildman–Crippen LogP) is 2.61. The number of fused-ring (bicyclic) bond motifs is 3. The lowest BCUT2D eigenvalue weighted by Gasteiger charge is -2.09. The lowest BCUT2D eigenvalue weighted by molar-refractivity contribution is -0.121. The molecule has 7 heteroatoms. The van der Waals surface area contributed by atoms with Crippen molar-refractivity contribution in [1.29, 1.82) is 0 Å². The first kappa shape index (κ1) is 18.0. The van der Waals surface area contributed by atoms with Crippen molar-refractivity contribution in [3.05, 3.63) is 70.0 Å². The van der Waals surface area contributed by atoms with Crippen LogP contribution in [0.5, 0.6) is 0 Å². The van der Waals surface area contributed by atoms with Crippen LogP contribution in [-0.4, -0.2) is 26.6 Å². The fourth-order valence-corrected chi connectivity index (χ4v) is 3.48.